The normalized spacial score (nSPS) is 12.4. The van der Waals surface area contributed by atoms with Gasteiger partial charge in [-0.1, -0.05) is 11.3 Å². The molecule has 0 spiro atoms. The molecule has 0 unspecified atom stereocenters. The molecule has 84 valence electrons. The summed E-state index contributed by atoms with van der Waals surface area (Å²) in [5.41, 5.74) is 6.77. The minimum Gasteiger partial charge on any atom is -0.497 e. The molecule has 2 aromatic rings. The standard InChI is InChI=1S/C11H13N3OS/c1-7(12)10-13-14-11(16-10)8-3-5-9(15-2)6-4-8/h3-7H,12H2,1-2H3/t7-/m0/s1. The Bertz CT molecular complexity index is 464. The van der Waals surface area contributed by atoms with Crippen LogP contribution >= 0.6 is 11.3 Å². The van der Waals surface area contributed by atoms with Gasteiger partial charge in [-0.05, 0) is 31.2 Å². The number of rotatable bonds is 3. The summed E-state index contributed by atoms with van der Waals surface area (Å²) in [7, 11) is 1.65. The Hall–Kier alpha value is -1.46. The lowest BCUT2D eigenvalue weighted by molar-refractivity contribution is 0.415. The molecule has 2 N–H and O–H groups in total. The van der Waals surface area contributed by atoms with Crippen molar-refractivity contribution in [2.24, 2.45) is 5.73 Å². The molecule has 0 saturated carbocycles. The van der Waals surface area contributed by atoms with E-state index in [1.807, 2.05) is 31.2 Å². The van der Waals surface area contributed by atoms with Crippen molar-refractivity contribution in [1.82, 2.24) is 10.2 Å². The number of nitrogens with zero attached hydrogens (tertiary/aromatic N) is 2. The van der Waals surface area contributed by atoms with Crippen LogP contribution in [0.25, 0.3) is 10.6 Å². The van der Waals surface area contributed by atoms with E-state index in [-0.39, 0.29) is 6.04 Å². The number of hydrogen-bond acceptors (Lipinski definition) is 5. The molecule has 16 heavy (non-hydrogen) atoms. The maximum Gasteiger partial charge on any atom is 0.147 e. The molecule has 0 radical (unpaired) electrons. The molecule has 0 saturated heterocycles. The fraction of sp³-hybridized carbons (Fsp3) is 0.273. The highest BCUT2D eigenvalue weighted by molar-refractivity contribution is 7.14. The fourth-order valence-electron chi connectivity index (χ4n) is 1.27. The van der Waals surface area contributed by atoms with Gasteiger partial charge < -0.3 is 10.5 Å². The van der Waals surface area contributed by atoms with E-state index in [9.17, 15) is 0 Å². The predicted molar refractivity (Wildman–Crippen MR) is 64.5 cm³/mol. The first-order valence-electron chi connectivity index (χ1n) is 4.94. The minimum absolute atomic E-state index is 0.0653. The van der Waals surface area contributed by atoms with E-state index in [2.05, 4.69) is 10.2 Å². The summed E-state index contributed by atoms with van der Waals surface area (Å²) < 4.78 is 5.10. The Morgan fingerprint density at radius 3 is 2.44 bits per heavy atom. The average molecular weight is 235 g/mol. The first-order chi connectivity index (χ1) is 7.70. The van der Waals surface area contributed by atoms with Gasteiger partial charge in [0.05, 0.1) is 13.2 Å². The second kappa shape index (κ2) is 4.59. The average Bonchev–Trinajstić information content (AvgIpc) is 2.78. The van der Waals surface area contributed by atoms with E-state index < -0.39 is 0 Å². The van der Waals surface area contributed by atoms with Crippen molar-refractivity contribution in [3.8, 4) is 16.3 Å². The Labute approximate surface area is 98.1 Å². The lowest BCUT2D eigenvalue weighted by Gasteiger charge is -1.99. The fourth-order valence-corrected chi connectivity index (χ4v) is 2.07. The monoisotopic (exact) mass is 235 g/mol. The molecule has 4 nitrogen and oxygen atoms in total. The second-order valence-electron chi connectivity index (χ2n) is 3.46. The van der Waals surface area contributed by atoms with Crippen molar-refractivity contribution in [2.45, 2.75) is 13.0 Å². The van der Waals surface area contributed by atoms with E-state index in [1.54, 1.807) is 7.11 Å². The zero-order valence-electron chi connectivity index (χ0n) is 9.18. The van der Waals surface area contributed by atoms with Gasteiger partial charge in [-0.15, -0.1) is 10.2 Å². The third-order valence-electron chi connectivity index (χ3n) is 2.17. The van der Waals surface area contributed by atoms with Crippen LogP contribution in [0.3, 0.4) is 0 Å². The van der Waals surface area contributed by atoms with Gasteiger partial charge in [0, 0.05) is 5.56 Å². The van der Waals surface area contributed by atoms with Crippen molar-refractivity contribution in [3.63, 3.8) is 0 Å². The van der Waals surface area contributed by atoms with Gasteiger partial charge in [0.1, 0.15) is 15.8 Å². The molecule has 0 bridgehead atoms. The van der Waals surface area contributed by atoms with Crippen LogP contribution in [0.4, 0.5) is 0 Å². The van der Waals surface area contributed by atoms with E-state index in [4.69, 9.17) is 10.5 Å². The Morgan fingerprint density at radius 2 is 1.94 bits per heavy atom. The maximum atomic E-state index is 5.74. The van der Waals surface area contributed by atoms with E-state index in [1.165, 1.54) is 11.3 Å². The molecule has 0 amide bonds. The maximum absolute atomic E-state index is 5.74. The first-order valence-corrected chi connectivity index (χ1v) is 5.76. The summed E-state index contributed by atoms with van der Waals surface area (Å²) in [6.07, 6.45) is 0. The Morgan fingerprint density at radius 1 is 1.25 bits per heavy atom. The minimum atomic E-state index is -0.0653. The summed E-state index contributed by atoms with van der Waals surface area (Å²) in [6, 6.07) is 7.67. The SMILES string of the molecule is COc1ccc(-c2nnc([C@H](C)N)s2)cc1. The highest BCUT2D eigenvalue weighted by atomic mass is 32.1. The molecule has 1 heterocycles. The highest BCUT2D eigenvalue weighted by Crippen LogP contribution is 2.27. The second-order valence-corrected chi connectivity index (χ2v) is 4.47. The molecule has 1 aromatic carbocycles. The van der Waals surface area contributed by atoms with Gasteiger partial charge in [0.15, 0.2) is 0 Å². The van der Waals surface area contributed by atoms with Crippen LogP contribution in [-0.2, 0) is 0 Å². The van der Waals surface area contributed by atoms with Crippen LogP contribution in [-0.4, -0.2) is 17.3 Å². The molecule has 0 aliphatic rings. The van der Waals surface area contributed by atoms with Crippen LogP contribution in [0, 0.1) is 0 Å². The quantitative estimate of drug-likeness (QED) is 0.886. The topological polar surface area (TPSA) is 61.0 Å². The third-order valence-corrected chi connectivity index (χ3v) is 3.34. The Balaban J connectivity index is 2.28. The number of methoxy groups -OCH3 is 1. The summed E-state index contributed by atoms with van der Waals surface area (Å²) in [5.74, 6) is 0.834. The molecule has 1 aromatic heterocycles. The van der Waals surface area contributed by atoms with E-state index in [0.717, 1.165) is 21.3 Å². The smallest absolute Gasteiger partial charge is 0.147 e. The lowest BCUT2D eigenvalue weighted by Crippen LogP contribution is -2.03. The van der Waals surface area contributed by atoms with Crippen molar-refractivity contribution >= 4 is 11.3 Å². The molecular formula is C11H13N3OS. The third kappa shape index (κ3) is 2.20. The molecule has 2 rings (SSSR count). The van der Waals surface area contributed by atoms with Crippen molar-refractivity contribution in [1.29, 1.82) is 0 Å². The van der Waals surface area contributed by atoms with Crippen LogP contribution in [0.5, 0.6) is 5.75 Å². The van der Waals surface area contributed by atoms with Crippen molar-refractivity contribution in [2.75, 3.05) is 7.11 Å². The van der Waals surface area contributed by atoms with E-state index >= 15 is 0 Å². The lowest BCUT2D eigenvalue weighted by atomic mass is 10.2. The number of hydrogen-bond donors (Lipinski definition) is 1. The predicted octanol–water partition coefficient (Wildman–Crippen LogP) is 2.23. The van der Waals surface area contributed by atoms with Gasteiger partial charge in [0.25, 0.3) is 0 Å². The molecular weight excluding hydrogens is 222 g/mol. The number of aromatic nitrogens is 2. The molecule has 5 heteroatoms. The van der Waals surface area contributed by atoms with Crippen LogP contribution in [0.2, 0.25) is 0 Å². The van der Waals surface area contributed by atoms with Gasteiger partial charge in [-0.2, -0.15) is 0 Å². The zero-order valence-corrected chi connectivity index (χ0v) is 9.99. The largest absolute Gasteiger partial charge is 0.497 e. The summed E-state index contributed by atoms with van der Waals surface area (Å²) in [5, 5.41) is 9.89. The van der Waals surface area contributed by atoms with Gasteiger partial charge in [-0.3, -0.25) is 0 Å². The van der Waals surface area contributed by atoms with Gasteiger partial charge in [0.2, 0.25) is 0 Å². The molecule has 1 atom stereocenters. The molecule has 0 aliphatic heterocycles. The Kier molecular flexibility index (Phi) is 3.17. The molecule has 0 fully saturated rings. The summed E-state index contributed by atoms with van der Waals surface area (Å²) >= 11 is 1.52. The first kappa shape index (κ1) is 11.0. The van der Waals surface area contributed by atoms with Gasteiger partial charge >= 0.3 is 0 Å². The van der Waals surface area contributed by atoms with Crippen LogP contribution in [0.1, 0.15) is 18.0 Å². The van der Waals surface area contributed by atoms with Crippen LogP contribution < -0.4 is 10.5 Å². The summed E-state index contributed by atoms with van der Waals surface area (Å²) in [6.45, 7) is 1.90. The highest BCUT2D eigenvalue weighted by Gasteiger charge is 2.09. The number of benzene rings is 1. The number of nitrogens with two attached hydrogens (primary N) is 1. The van der Waals surface area contributed by atoms with E-state index in [0.29, 0.717) is 0 Å². The van der Waals surface area contributed by atoms with Crippen molar-refractivity contribution < 1.29 is 4.74 Å². The van der Waals surface area contributed by atoms with Crippen molar-refractivity contribution in [3.05, 3.63) is 29.3 Å². The zero-order chi connectivity index (χ0) is 11.5. The van der Waals surface area contributed by atoms with Crippen LogP contribution in [0.15, 0.2) is 24.3 Å². The van der Waals surface area contributed by atoms with Gasteiger partial charge in [-0.25, -0.2) is 0 Å². The molecule has 0 aliphatic carbocycles. The number of ether oxygens (including phenoxy) is 1. The summed E-state index contributed by atoms with van der Waals surface area (Å²) in [4.78, 5) is 0.